The molecule has 1 aliphatic rings. The highest BCUT2D eigenvalue weighted by Gasteiger charge is 2.19. The van der Waals surface area contributed by atoms with Crippen LogP contribution in [-0.2, 0) is 4.74 Å². The van der Waals surface area contributed by atoms with Crippen molar-refractivity contribution in [2.75, 3.05) is 30.8 Å². The van der Waals surface area contributed by atoms with Crippen LogP contribution in [0.25, 0.3) is 0 Å². The molecule has 112 valence electrons. The molecular formula is C13H17N5OS2. The summed E-state index contributed by atoms with van der Waals surface area (Å²) >= 11 is 3.34. The fourth-order valence-corrected chi connectivity index (χ4v) is 3.86. The molecule has 1 atom stereocenters. The predicted molar refractivity (Wildman–Crippen MR) is 84.1 cm³/mol. The van der Waals surface area contributed by atoms with Crippen LogP contribution < -0.4 is 5.32 Å². The van der Waals surface area contributed by atoms with Crippen LogP contribution in [0.1, 0.15) is 23.0 Å². The van der Waals surface area contributed by atoms with E-state index in [0.29, 0.717) is 5.92 Å². The normalized spacial score (nSPS) is 18.0. The molecule has 6 nitrogen and oxygen atoms in total. The van der Waals surface area contributed by atoms with Crippen molar-refractivity contribution in [2.45, 2.75) is 23.6 Å². The van der Waals surface area contributed by atoms with Crippen molar-refractivity contribution in [3.8, 4) is 0 Å². The molecule has 2 aromatic rings. The number of aryl methyl sites for hydroxylation is 1. The van der Waals surface area contributed by atoms with Gasteiger partial charge in [-0.2, -0.15) is 0 Å². The molecule has 1 aliphatic heterocycles. The summed E-state index contributed by atoms with van der Waals surface area (Å²) in [6.07, 6.45) is 2.67. The molecule has 3 heterocycles. The van der Waals surface area contributed by atoms with Crippen LogP contribution in [0.4, 0.5) is 5.82 Å². The van der Waals surface area contributed by atoms with Gasteiger partial charge in [-0.25, -0.2) is 9.97 Å². The summed E-state index contributed by atoms with van der Waals surface area (Å²) in [5.41, 5.74) is 1.07. The average Bonchev–Trinajstić information content (AvgIpc) is 3.16. The lowest BCUT2D eigenvalue weighted by Crippen LogP contribution is -2.08. The van der Waals surface area contributed by atoms with Gasteiger partial charge in [-0.1, -0.05) is 23.1 Å². The number of rotatable bonds is 6. The Labute approximate surface area is 131 Å². The van der Waals surface area contributed by atoms with Gasteiger partial charge in [0.15, 0.2) is 4.34 Å². The van der Waals surface area contributed by atoms with Crippen molar-refractivity contribution in [1.29, 1.82) is 0 Å². The van der Waals surface area contributed by atoms with Gasteiger partial charge in [-0.05, 0) is 13.3 Å². The topological polar surface area (TPSA) is 72.8 Å². The van der Waals surface area contributed by atoms with E-state index in [1.165, 1.54) is 0 Å². The first-order valence-corrected chi connectivity index (χ1v) is 8.68. The number of nitrogens with zero attached hydrogens (tertiary/aromatic N) is 4. The van der Waals surface area contributed by atoms with Crippen LogP contribution in [0.5, 0.6) is 0 Å². The average molecular weight is 323 g/mol. The van der Waals surface area contributed by atoms with E-state index in [1.807, 2.05) is 13.0 Å². The lowest BCUT2D eigenvalue weighted by atomic mass is 10.1. The predicted octanol–water partition coefficient (Wildman–Crippen LogP) is 2.34. The van der Waals surface area contributed by atoms with E-state index in [1.54, 1.807) is 29.4 Å². The van der Waals surface area contributed by atoms with E-state index < -0.39 is 0 Å². The molecular weight excluding hydrogens is 306 g/mol. The van der Waals surface area contributed by atoms with Crippen molar-refractivity contribution >= 4 is 28.9 Å². The van der Waals surface area contributed by atoms with Gasteiger partial charge in [-0.15, -0.1) is 10.2 Å². The van der Waals surface area contributed by atoms with E-state index >= 15 is 0 Å². The maximum Gasteiger partial charge on any atom is 0.174 e. The molecule has 1 saturated heterocycles. The highest BCUT2D eigenvalue weighted by atomic mass is 32.2. The molecule has 3 rings (SSSR count). The monoisotopic (exact) mass is 323 g/mol. The minimum atomic E-state index is 0.410. The Morgan fingerprint density at radius 3 is 3.14 bits per heavy atom. The van der Waals surface area contributed by atoms with E-state index in [0.717, 1.165) is 52.8 Å². The maximum absolute atomic E-state index is 5.41. The Morgan fingerprint density at radius 2 is 2.38 bits per heavy atom. The van der Waals surface area contributed by atoms with Crippen LogP contribution in [0.3, 0.4) is 0 Å². The number of aromatic nitrogens is 4. The zero-order valence-electron chi connectivity index (χ0n) is 11.8. The van der Waals surface area contributed by atoms with E-state index in [-0.39, 0.29) is 0 Å². The first-order chi connectivity index (χ1) is 10.3. The molecule has 1 N–H and O–H groups in total. The molecule has 1 unspecified atom stereocenters. The Hall–Kier alpha value is -1.25. The molecule has 1 fully saturated rings. The van der Waals surface area contributed by atoms with Crippen molar-refractivity contribution < 1.29 is 4.74 Å². The summed E-state index contributed by atoms with van der Waals surface area (Å²) in [6.45, 7) is 4.40. The number of nitrogens with one attached hydrogen (secondary N) is 1. The molecule has 0 spiro atoms. The van der Waals surface area contributed by atoms with Gasteiger partial charge >= 0.3 is 0 Å². The lowest BCUT2D eigenvalue weighted by molar-refractivity contribution is 0.193. The Bertz CT molecular complexity index is 585. The molecule has 21 heavy (non-hydrogen) atoms. The van der Waals surface area contributed by atoms with E-state index in [9.17, 15) is 0 Å². The minimum absolute atomic E-state index is 0.410. The number of hydrogen-bond acceptors (Lipinski definition) is 8. The third-order valence-corrected chi connectivity index (χ3v) is 5.15. The fourth-order valence-electron chi connectivity index (χ4n) is 2.11. The summed E-state index contributed by atoms with van der Waals surface area (Å²) in [7, 11) is 0. The molecule has 8 heteroatoms. The molecule has 0 aliphatic carbocycles. The smallest absolute Gasteiger partial charge is 0.174 e. The molecule has 0 aromatic carbocycles. The zero-order chi connectivity index (χ0) is 14.5. The second-order valence-electron chi connectivity index (χ2n) is 4.75. The third-order valence-electron chi connectivity index (χ3n) is 3.18. The van der Waals surface area contributed by atoms with Crippen molar-refractivity contribution in [3.63, 3.8) is 0 Å². The van der Waals surface area contributed by atoms with Gasteiger partial charge in [0, 0.05) is 30.9 Å². The maximum atomic E-state index is 5.41. The zero-order valence-corrected chi connectivity index (χ0v) is 13.4. The summed E-state index contributed by atoms with van der Waals surface area (Å²) < 4.78 is 6.42. The Kier molecular flexibility index (Phi) is 5.00. The highest BCUT2D eigenvalue weighted by molar-refractivity contribution is 8.01. The van der Waals surface area contributed by atoms with Gasteiger partial charge in [0.2, 0.25) is 0 Å². The van der Waals surface area contributed by atoms with Crippen molar-refractivity contribution in [3.05, 3.63) is 23.1 Å². The molecule has 0 amide bonds. The van der Waals surface area contributed by atoms with Crippen LogP contribution in [-0.4, -0.2) is 45.7 Å². The fraction of sp³-hybridized carbons (Fsp3) is 0.538. The number of thioether (sulfide) groups is 1. The quantitative estimate of drug-likeness (QED) is 0.646. The Morgan fingerprint density at radius 1 is 1.43 bits per heavy atom. The van der Waals surface area contributed by atoms with Crippen LogP contribution in [0, 0.1) is 6.92 Å². The third kappa shape index (κ3) is 4.12. The summed E-state index contributed by atoms with van der Waals surface area (Å²) in [4.78, 5) is 8.61. The number of anilines is 1. The van der Waals surface area contributed by atoms with E-state index in [4.69, 9.17) is 4.74 Å². The summed E-state index contributed by atoms with van der Waals surface area (Å²) in [5.74, 6) is 2.22. The van der Waals surface area contributed by atoms with Crippen LogP contribution in [0.2, 0.25) is 0 Å². The number of ether oxygens (including phenoxy) is 1. The summed E-state index contributed by atoms with van der Waals surface area (Å²) in [5, 5.41) is 12.4. The lowest BCUT2D eigenvalue weighted by Gasteiger charge is -2.09. The van der Waals surface area contributed by atoms with Gasteiger partial charge in [0.05, 0.1) is 12.3 Å². The molecule has 2 aromatic heterocycles. The first-order valence-electron chi connectivity index (χ1n) is 6.88. The SMILES string of the molecule is Cc1nnc(SCCNc2cc(C3CCOC3)ncn2)s1. The molecule has 0 saturated carbocycles. The second-order valence-corrected chi connectivity index (χ2v) is 7.27. The van der Waals surface area contributed by atoms with E-state index in [2.05, 4.69) is 25.5 Å². The van der Waals surface area contributed by atoms with Gasteiger partial charge in [-0.3, -0.25) is 0 Å². The number of hydrogen-bond donors (Lipinski definition) is 1. The standard InChI is InChI=1S/C13H17N5OS2/c1-9-17-18-13(21-9)20-5-3-14-12-6-11(15-8-16-12)10-2-4-19-7-10/h6,8,10H,2-5,7H2,1H3,(H,14,15,16). The van der Waals surface area contributed by atoms with Crippen molar-refractivity contribution in [2.24, 2.45) is 0 Å². The van der Waals surface area contributed by atoms with Crippen LogP contribution in [0.15, 0.2) is 16.7 Å². The minimum Gasteiger partial charge on any atom is -0.381 e. The Balaban J connectivity index is 1.47. The second kappa shape index (κ2) is 7.15. The van der Waals surface area contributed by atoms with Gasteiger partial charge in [0.1, 0.15) is 17.2 Å². The van der Waals surface area contributed by atoms with Gasteiger partial charge in [0.25, 0.3) is 0 Å². The van der Waals surface area contributed by atoms with Gasteiger partial charge < -0.3 is 10.1 Å². The molecule has 0 radical (unpaired) electrons. The largest absolute Gasteiger partial charge is 0.381 e. The summed E-state index contributed by atoms with van der Waals surface area (Å²) in [6, 6.07) is 2.03. The highest BCUT2D eigenvalue weighted by Crippen LogP contribution is 2.24. The molecule has 0 bridgehead atoms. The van der Waals surface area contributed by atoms with Crippen molar-refractivity contribution in [1.82, 2.24) is 20.2 Å². The first kappa shape index (κ1) is 14.7. The van der Waals surface area contributed by atoms with Crippen LogP contribution >= 0.6 is 23.1 Å².